The highest BCUT2D eigenvalue weighted by Gasteiger charge is 2.33. The van der Waals surface area contributed by atoms with Crippen molar-refractivity contribution in [2.45, 2.75) is 39.7 Å². The molecule has 0 saturated heterocycles. The normalized spacial score (nSPS) is 11.2. The van der Waals surface area contributed by atoms with Gasteiger partial charge in [0.05, 0.1) is 6.61 Å². The van der Waals surface area contributed by atoms with Crippen molar-refractivity contribution in [2.24, 2.45) is 0 Å². The minimum absolute atomic E-state index is 0.202. The third kappa shape index (κ3) is 3.03. The summed E-state index contributed by atoms with van der Waals surface area (Å²) >= 11 is 0. The van der Waals surface area contributed by atoms with E-state index in [0.717, 1.165) is 12.1 Å². The molecule has 100 valence electrons. The Balaban J connectivity index is 2.90. The molecule has 0 saturated carbocycles. The third-order valence-electron chi connectivity index (χ3n) is 3.35. The summed E-state index contributed by atoms with van der Waals surface area (Å²) in [5.74, 6) is -0.202. The number of anilines is 1. The zero-order valence-corrected chi connectivity index (χ0v) is 12.0. The van der Waals surface area contributed by atoms with Crippen molar-refractivity contribution in [3.8, 4) is 0 Å². The molecule has 0 amide bonds. The Morgan fingerprint density at radius 2 is 1.78 bits per heavy atom. The SMILES string of the molecule is CCOC(=O)C(C)(C)N(C)c1ccc(CC)cc1. The summed E-state index contributed by atoms with van der Waals surface area (Å²) in [4.78, 5) is 13.9. The van der Waals surface area contributed by atoms with E-state index in [4.69, 9.17) is 4.74 Å². The van der Waals surface area contributed by atoms with Gasteiger partial charge in [0.25, 0.3) is 0 Å². The molecule has 1 rings (SSSR count). The van der Waals surface area contributed by atoms with Crippen LogP contribution in [-0.2, 0) is 16.0 Å². The third-order valence-corrected chi connectivity index (χ3v) is 3.35. The summed E-state index contributed by atoms with van der Waals surface area (Å²) in [5, 5.41) is 0. The predicted octanol–water partition coefficient (Wildman–Crippen LogP) is 3.03. The highest BCUT2D eigenvalue weighted by Crippen LogP contribution is 2.23. The zero-order chi connectivity index (χ0) is 13.8. The lowest BCUT2D eigenvalue weighted by Gasteiger charge is -2.35. The fourth-order valence-corrected chi connectivity index (χ4v) is 1.72. The van der Waals surface area contributed by atoms with Crippen molar-refractivity contribution < 1.29 is 9.53 Å². The largest absolute Gasteiger partial charge is 0.464 e. The number of hydrogen-bond donors (Lipinski definition) is 0. The molecule has 0 aliphatic heterocycles. The van der Waals surface area contributed by atoms with E-state index in [0.29, 0.717) is 6.61 Å². The molecule has 0 aromatic heterocycles. The Morgan fingerprint density at radius 3 is 2.22 bits per heavy atom. The second-order valence-corrected chi connectivity index (χ2v) is 4.86. The number of carbonyl (C=O) groups excluding carboxylic acids is 1. The first-order chi connectivity index (χ1) is 8.43. The van der Waals surface area contributed by atoms with Gasteiger partial charge in [-0.05, 0) is 44.9 Å². The number of carbonyl (C=O) groups is 1. The average Bonchev–Trinajstić information content (AvgIpc) is 2.38. The van der Waals surface area contributed by atoms with E-state index in [-0.39, 0.29) is 5.97 Å². The van der Waals surface area contributed by atoms with Gasteiger partial charge in [0.1, 0.15) is 5.54 Å². The van der Waals surface area contributed by atoms with Crippen molar-refractivity contribution in [3.05, 3.63) is 29.8 Å². The van der Waals surface area contributed by atoms with Crippen LogP contribution in [0.15, 0.2) is 24.3 Å². The van der Waals surface area contributed by atoms with Gasteiger partial charge >= 0.3 is 5.97 Å². The quantitative estimate of drug-likeness (QED) is 0.751. The van der Waals surface area contributed by atoms with Gasteiger partial charge in [-0.3, -0.25) is 0 Å². The van der Waals surface area contributed by atoms with Crippen LogP contribution in [0.2, 0.25) is 0 Å². The van der Waals surface area contributed by atoms with Crippen LogP contribution in [0.5, 0.6) is 0 Å². The summed E-state index contributed by atoms with van der Waals surface area (Å²) in [6.07, 6.45) is 1.02. The predicted molar refractivity (Wildman–Crippen MR) is 74.9 cm³/mol. The first-order valence-electron chi connectivity index (χ1n) is 6.43. The van der Waals surface area contributed by atoms with Crippen LogP contribution in [0.25, 0.3) is 0 Å². The summed E-state index contributed by atoms with van der Waals surface area (Å²) < 4.78 is 5.11. The lowest BCUT2D eigenvalue weighted by molar-refractivity contribution is -0.148. The maximum absolute atomic E-state index is 11.9. The topological polar surface area (TPSA) is 29.5 Å². The van der Waals surface area contributed by atoms with Gasteiger partial charge in [-0.1, -0.05) is 19.1 Å². The van der Waals surface area contributed by atoms with Gasteiger partial charge < -0.3 is 9.64 Å². The molecule has 0 heterocycles. The molecular formula is C15H23NO2. The summed E-state index contributed by atoms with van der Waals surface area (Å²) in [6, 6.07) is 8.26. The van der Waals surface area contributed by atoms with Gasteiger partial charge in [-0.25, -0.2) is 4.79 Å². The molecule has 0 bridgehead atoms. The smallest absolute Gasteiger partial charge is 0.331 e. The summed E-state index contributed by atoms with van der Waals surface area (Å²) in [7, 11) is 1.91. The second-order valence-electron chi connectivity index (χ2n) is 4.86. The molecule has 0 unspecified atom stereocenters. The van der Waals surface area contributed by atoms with E-state index < -0.39 is 5.54 Å². The van der Waals surface area contributed by atoms with E-state index in [1.54, 1.807) is 0 Å². The Morgan fingerprint density at radius 1 is 1.22 bits per heavy atom. The molecule has 0 N–H and O–H groups in total. The summed E-state index contributed by atoms with van der Waals surface area (Å²) in [5.41, 5.74) is 1.65. The van der Waals surface area contributed by atoms with E-state index in [1.165, 1.54) is 5.56 Å². The first kappa shape index (κ1) is 14.6. The Kier molecular flexibility index (Phi) is 4.76. The van der Waals surface area contributed by atoms with Crippen molar-refractivity contribution in [1.82, 2.24) is 0 Å². The fraction of sp³-hybridized carbons (Fsp3) is 0.533. The van der Waals surface area contributed by atoms with E-state index in [2.05, 4.69) is 19.1 Å². The Hall–Kier alpha value is -1.51. The van der Waals surface area contributed by atoms with E-state index in [9.17, 15) is 4.79 Å². The van der Waals surface area contributed by atoms with Gasteiger partial charge in [0.2, 0.25) is 0 Å². The van der Waals surface area contributed by atoms with Crippen LogP contribution < -0.4 is 4.90 Å². The number of hydrogen-bond acceptors (Lipinski definition) is 3. The monoisotopic (exact) mass is 249 g/mol. The van der Waals surface area contributed by atoms with Crippen LogP contribution in [-0.4, -0.2) is 25.2 Å². The number of ether oxygens (including phenoxy) is 1. The number of esters is 1. The lowest BCUT2D eigenvalue weighted by atomic mass is 10.0. The molecule has 0 aliphatic carbocycles. The molecule has 1 aromatic carbocycles. The van der Waals surface area contributed by atoms with Gasteiger partial charge in [-0.15, -0.1) is 0 Å². The van der Waals surface area contributed by atoms with Crippen molar-refractivity contribution in [1.29, 1.82) is 0 Å². The minimum atomic E-state index is -0.663. The maximum Gasteiger partial charge on any atom is 0.331 e. The van der Waals surface area contributed by atoms with E-state index >= 15 is 0 Å². The van der Waals surface area contributed by atoms with Crippen molar-refractivity contribution in [2.75, 3.05) is 18.6 Å². The standard InChI is InChI=1S/C15H23NO2/c1-6-12-8-10-13(11-9-12)16(5)15(3,4)14(17)18-7-2/h8-11H,6-7H2,1-5H3. The molecule has 0 spiro atoms. The molecule has 3 nitrogen and oxygen atoms in total. The number of nitrogens with zero attached hydrogens (tertiary/aromatic N) is 1. The molecule has 0 fully saturated rings. The van der Waals surface area contributed by atoms with Gasteiger partial charge in [0, 0.05) is 12.7 Å². The fourth-order valence-electron chi connectivity index (χ4n) is 1.72. The van der Waals surface area contributed by atoms with Crippen LogP contribution in [0.1, 0.15) is 33.3 Å². The van der Waals surface area contributed by atoms with Gasteiger partial charge in [0.15, 0.2) is 0 Å². The molecule has 3 heteroatoms. The van der Waals surface area contributed by atoms with Crippen LogP contribution in [0.3, 0.4) is 0 Å². The second kappa shape index (κ2) is 5.89. The molecule has 18 heavy (non-hydrogen) atoms. The molecule has 1 aromatic rings. The molecule has 0 radical (unpaired) electrons. The highest BCUT2D eigenvalue weighted by atomic mass is 16.5. The number of aryl methyl sites for hydroxylation is 1. The Bertz CT molecular complexity index is 395. The average molecular weight is 249 g/mol. The van der Waals surface area contributed by atoms with Crippen LogP contribution in [0.4, 0.5) is 5.69 Å². The highest BCUT2D eigenvalue weighted by molar-refractivity contribution is 5.84. The first-order valence-corrected chi connectivity index (χ1v) is 6.43. The Labute approximate surface area is 110 Å². The summed E-state index contributed by atoms with van der Waals surface area (Å²) in [6.45, 7) is 8.10. The zero-order valence-electron chi connectivity index (χ0n) is 12.0. The maximum atomic E-state index is 11.9. The van der Waals surface area contributed by atoms with Crippen LogP contribution >= 0.6 is 0 Å². The molecule has 0 aliphatic rings. The number of likely N-dealkylation sites (N-methyl/N-ethyl adjacent to an activating group) is 1. The van der Waals surface area contributed by atoms with E-state index in [1.807, 2.05) is 44.9 Å². The lowest BCUT2D eigenvalue weighted by Crippen LogP contribution is -2.49. The van der Waals surface area contributed by atoms with Crippen molar-refractivity contribution in [3.63, 3.8) is 0 Å². The number of benzene rings is 1. The van der Waals surface area contributed by atoms with Gasteiger partial charge in [-0.2, -0.15) is 0 Å². The molecule has 0 atom stereocenters. The molecular weight excluding hydrogens is 226 g/mol. The van der Waals surface area contributed by atoms with Crippen LogP contribution in [0, 0.1) is 0 Å². The van der Waals surface area contributed by atoms with Crippen molar-refractivity contribution >= 4 is 11.7 Å². The minimum Gasteiger partial charge on any atom is -0.464 e. The number of rotatable bonds is 5.